The normalized spacial score (nSPS) is 7.39. The van der Waals surface area contributed by atoms with Gasteiger partial charge in [-0.2, -0.15) is 0 Å². The zero-order valence-corrected chi connectivity index (χ0v) is 15.3. The van der Waals surface area contributed by atoms with Gasteiger partial charge in [0.2, 0.25) is 0 Å². The molecule has 0 N–H and O–H groups in total. The molecule has 0 radical (unpaired) electrons. The van der Waals surface area contributed by atoms with Crippen LogP contribution in [-0.4, -0.2) is 40.4 Å². The fourth-order valence-corrected chi connectivity index (χ4v) is 1.27. The second kappa shape index (κ2) is 19.6. The molecule has 0 atom stereocenters. The first-order valence-corrected chi connectivity index (χ1v) is 7.95. The molecule has 0 aliphatic heterocycles. The molecule has 0 spiro atoms. The Morgan fingerprint density at radius 1 is 0.826 bits per heavy atom. The number of carboxylic acid groups (broad SMARTS) is 3. The van der Waals surface area contributed by atoms with Crippen molar-refractivity contribution in [2.24, 2.45) is 0 Å². The van der Waals surface area contributed by atoms with Crippen LogP contribution in [0.5, 0.6) is 0 Å². The summed E-state index contributed by atoms with van der Waals surface area (Å²) in [6.07, 6.45) is 2.17. The molecule has 1 rings (SSSR count). The van der Waals surface area contributed by atoms with E-state index >= 15 is 0 Å². The van der Waals surface area contributed by atoms with Gasteiger partial charge in [-0.3, -0.25) is 0 Å². The van der Waals surface area contributed by atoms with Gasteiger partial charge < -0.3 is 29.7 Å². The number of hydrogen-bond acceptors (Lipinski definition) is 6. The molecule has 0 aliphatic carbocycles. The Bertz CT molecular complexity index is 454. The second-order valence-electron chi connectivity index (χ2n) is 3.23. The molecule has 0 bridgehead atoms. The first-order chi connectivity index (χ1) is 10.7. The summed E-state index contributed by atoms with van der Waals surface area (Å²) in [6, 6.07) is 10.5. The summed E-state index contributed by atoms with van der Waals surface area (Å²) in [5.41, 5.74) is 1.45. The van der Waals surface area contributed by atoms with Crippen molar-refractivity contribution < 1.29 is 29.7 Å². The fraction of sp³-hybridized carbons (Fsp3) is 0.0625. The average Bonchev–Trinajstić information content (AvgIpc) is 2.57. The number of carbonyl (C=O) groups excluding carboxylic acids is 3. The van der Waals surface area contributed by atoms with Crippen LogP contribution in [0.4, 0.5) is 0 Å². The van der Waals surface area contributed by atoms with E-state index in [2.05, 4.69) is 50.1 Å². The van der Waals surface area contributed by atoms with E-state index in [0.717, 1.165) is 18.2 Å². The molecule has 0 heterocycles. The summed E-state index contributed by atoms with van der Waals surface area (Å²) < 4.78 is 1.23. The minimum absolute atomic E-state index is 0.722. The van der Waals surface area contributed by atoms with Crippen LogP contribution in [0.15, 0.2) is 68.3 Å². The monoisotopic (exact) mass is 424 g/mol. The van der Waals surface area contributed by atoms with Crippen LogP contribution in [0.2, 0.25) is 0 Å². The van der Waals surface area contributed by atoms with Gasteiger partial charge in [0.05, 0.1) is 17.9 Å². The van der Waals surface area contributed by atoms with Crippen LogP contribution < -0.4 is 15.3 Å². The molecule has 0 unspecified atom stereocenters. The van der Waals surface area contributed by atoms with Crippen molar-refractivity contribution in [3.05, 3.63) is 73.9 Å². The van der Waals surface area contributed by atoms with Crippen molar-refractivity contribution in [2.75, 3.05) is 0 Å². The Labute approximate surface area is 148 Å². The van der Waals surface area contributed by atoms with Crippen molar-refractivity contribution >= 4 is 40.4 Å². The molecular formula is C16H16O6Sn. The number of aliphatic carboxylic acids is 3. The summed E-state index contributed by atoms with van der Waals surface area (Å²) in [4.78, 5) is 27.4. The van der Waals surface area contributed by atoms with Gasteiger partial charge in [0, 0.05) is 0 Å². The van der Waals surface area contributed by atoms with Crippen molar-refractivity contribution in [3.8, 4) is 0 Å². The van der Waals surface area contributed by atoms with E-state index in [0.29, 0.717) is 0 Å². The maximum absolute atomic E-state index is 9.14. The first-order valence-electron chi connectivity index (χ1n) is 5.93. The van der Waals surface area contributed by atoms with Crippen LogP contribution in [0.3, 0.4) is 0 Å². The van der Waals surface area contributed by atoms with E-state index in [1.807, 2.05) is 0 Å². The van der Waals surface area contributed by atoms with Crippen LogP contribution >= 0.6 is 0 Å². The molecule has 0 aromatic heterocycles. The molecule has 6 nitrogen and oxygen atoms in total. The Kier molecular flexibility index (Phi) is 21.9. The van der Waals surface area contributed by atoms with Crippen molar-refractivity contribution in [1.82, 2.24) is 0 Å². The summed E-state index contributed by atoms with van der Waals surface area (Å²) in [6.45, 7) is 8.69. The third-order valence-electron chi connectivity index (χ3n) is 1.55. The van der Waals surface area contributed by atoms with Crippen LogP contribution in [0.25, 0.3) is 0 Å². The Hall–Kier alpha value is -2.35. The number of hydrogen-bond donors (Lipinski definition) is 0. The van der Waals surface area contributed by atoms with Gasteiger partial charge >= 0.3 is 62.9 Å². The van der Waals surface area contributed by atoms with Crippen LogP contribution in [-0.2, 0) is 18.8 Å². The molecule has 1 aromatic rings. The number of benzene rings is 1. The summed E-state index contributed by atoms with van der Waals surface area (Å²) in [5.74, 6) is -3.69. The molecule has 7 heteroatoms. The number of carbonyl (C=O) groups is 3. The Balaban J connectivity index is -0.000000240. The van der Waals surface area contributed by atoms with Gasteiger partial charge in [-0.25, -0.2) is 0 Å². The molecule has 0 saturated heterocycles. The zero-order chi connectivity index (χ0) is 18.7. The van der Waals surface area contributed by atoms with Gasteiger partial charge in [-0.15, -0.1) is 0 Å². The minimum atomic E-state index is -1.23. The zero-order valence-electron chi connectivity index (χ0n) is 12.4. The van der Waals surface area contributed by atoms with Crippen LogP contribution in [0.1, 0.15) is 5.56 Å². The SMILES string of the molecule is C=CC(=O)[O-].C=CC(=O)[O-].C=CC(=O)[O-].[Sn+3][CH2]c1ccccc1. The maximum atomic E-state index is 9.14. The fourth-order valence-electron chi connectivity index (χ4n) is 0.596. The van der Waals surface area contributed by atoms with Crippen LogP contribution in [0, 0.1) is 0 Å². The van der Waals surface area contributed by atoms with E-state index in [-0.39, 0.29) is 0 Å². The molecular weight excluding hydrogens is 407 g/mol. The van der Waals surface area contributed by atoms with Gasteiger partial charge in [0.1, 0.15) is 0 Å². The van der Waals surface area contributed by atoms with E-state index in [9.17, 15) is 0 Å². The number of carboxylic acids is 3. The second-order valence-corrected chi connectivity index (χ2v) is 4.24. The van der Waals surface area contributed by atoms with Gasteiger partial charge in [0.15, 0.2) is 0 Å². The van der Waals surface area contributed by atoms with Gasteiger partial charge in [-0.1, -0.05) is 19.7 Å². The molecule has 0 saturated carbocycles. The predicted octanol–water partition coefficient (Wildman–Crippen LogP) is -1.88. The first kappa shape index (κ1) is 25.6. The summed E-state index contributed by atoms with van der Waals surface area (Å²) in [5, 5.41) is 27.4. The van der Waals surface area contributed by atoms with E-state index in [4.69, 9.17) is 29.7 Å². The molecule has 0 aliphatic rings. The van der Waals surface area contributed by atoms with Crippen molar-refractivity contribution in [2.45, 2.75) is 4.44 Å². The quantitative estimate of drug-likeness (QED) is 0.413. The van der Waals surface area contributed by atoms with Gasteiger partial charge in [-0.05, 0) is 18.2 Å². The standard InChI is InChI=1S/C7H7.3C3H4O2.Sn/c1-7-5-3-2-4-6-7;3*1-2-3(4)5;/h2-6H,1H2;3*2H,1H2,(H,4,5);/q;;;;+3/p-3. The van der Waals surface area contributed by atoms with E-state index < -0.39 is 17.9 Å². The molecule has 120 valence electrons. The predicted molar refractivity (Wildman–Crippen MR) is 81.5 cm³/mol. The Morgan fingerprint density at radius 3 is 1.22 bits per heavy atom. The van der Waals surface area contributed by atoms with Crippen molar-refractivity contribution in [1.29, 1.82) is 0 Å². The molecule has 0 amide bonds. The third kappa shape index (κ3) is 32.9. The third-order valence-corrected chi connectivity index (χ3v) is 2.71. The molecule has 1 aromatic carbocycles. The summed E-state index contributed by atoms with van der Waals surface area (Å²) >= 11 is 1.59. The van der Waals surface area contributed by atoms with E-state index in [1.54, 1.807) is 22.5 Å². The molecule has 23 heavy (non-hydrogen) atoms. The average molecular weight is 423 g/mol. The van der Waals surface area contributed by atoms with Crippen molar-refractivity contribution in [3.63, 3.8) is 0 Å². The Morgan fingerprint density at radius 2 is 1.09 bits per heavy atom. The summed E-state index contributed by atoms with van der Waals surface area (Å²) in [7, 11) is 0. The molecule has 0 fully saturated rings. The topological polar surface area (TPSA) is 120 Å². The number of rotatable bonds is 4. The van der Waals surface area contributed by atoms with E-state index in [1.165, 1.54) is 10.0 Å². The van der Waals surface area contributed by atoms with Gasteiger partial charge in [0.25, 0.3) is 0 Å².